The van der Waals surface area contributed by atoms with Crippen molar-refractivity contribution in [1.29, 1.82) is 0 Å². The lowest BCUT2D eigenvalue weighted by atomic mass is 10.0. The SMILES string of the molecule is NCCNC(=O)c1ccccc1NC(=O)CCN1C(=O)CCc2ccccc21. The largest absolute Gasteiger partial charge is 0.351 e. The lowest BCUT2D eigenvalue weighted by Gasteiger charge is -2.29. The Hall–Kier alpha value is -3.19. The number of rotatable bonds is 7. The first kappa shape index (κ1) is 19.6. The van der Waals surface area contributed by atoms with Crippen LogP contribution in [0.25, 0.3) is 0 Å². The van der Waals surface area contributed by atoms with Gasteiger partial charge in [0.2, 0.25) is 11.8 Å². The zero-order valence-electron chi connectivity index (χ0n) is 15.6. The first-order valence-corrected chi connectivity index (χ1v) is 9.35. The number of benzene rings is 2. The highest BCUT2D eigenvalue weighted by atomic mass is 16.2. The summed E-state index contributed by atoms with van der Waals surface area (Å²) in [7, 11) is 0. The molecule has 0 aromatic heterocycles. The van der Waals surface area contributed by atoms with E-state index < -0.39 is 0 Å². The smallest absolute Gasteiger partial charge is 0.253 e. The second-order valence-electron chi connectivity index (χ2n) is 6.56. The molecule has 0 radical (unpaired) electrons. The van der Waals surface area contributed by atoms with Gasteiger partial charge in [-0.25, -0.2) is 0 Å². The molecule has 0 aliphatic carbocycles. The predicted molar refractivity (Wildman–Crippen MR) is 108 cm³/mol. The molecule has 0 bridgehead atoms. The number of carbonyl (C=O) groups is 3. The fourth-order valence-electron chi connectivity index (χ4n) is 3.24. The first-order valence-electron chi connectivity index (χ1n) is 9.35. The van der Waals surface area contributed by atoms with Crippen LogP contribution >= 0.6 is 0 Å². The molecule has 4 N–H and O–H groups in total. The maximum Gasteiger partial charge on any atom is 0.253 e. The van der Waals surface area contributed by atoms with Gasteiger partial charge in [-0.05, 0) is 30.2 Å². The third-order valence-electron chi connectivity index (χ3n) is 4.63. The monoisotopic (exact) mass is 380 g/mol. The summed E-state index contributed by atoms with van der Waals surface area (Å²) < 4.78 is 0. The quantitative estimate of drug-likeness (QED) is 0.680. The van der Waals surface area contributed by atoms with Crippen molar-refractivity contribution < 1.29 is 14.4 Å². The average Bonchev–Trinajstić information content (AvgIpc) is 2.71. The molecule has 0 spiro atoms. The molecular formula is C21H24N4O3. The maximum absolute atomic E-state index is 12.5. The summed E-state index contributed by atoms with van der Waals surface area (Å²) in [5, 5.41) is 5.47. The minimum atomic E-state index is -0.290. The summed E-state index contributed by atoms with van der Waals surface area (Å²) in [6, 6.07) is 14.6. The Morgan fingerprint density at radius 2 is 1.79 bits per heavy atom. The number of nitrogens with zero attached hydrogens (tertiary/aromatic N) is 1. The Bertz CT molecular complexity index is 881. The van der Waals surface area contributed by atoms with Crippen molar-refractivity contribution in [2.75, 3.05) is 29.9 Å². The van der Waals surface area contributed by atoms with Gasteiger partial charge in [0.05, 0.1) is 11.3 Å². The highest BCUT2D eigenvalue weighted by Crippen LogP contribution is 2.27. The van der Waals surface area contributed by atoms with E-state index in [0.717, 1.165) is 17.7 Å². The molecule has 0 saturated heterocycles. The van der Waals surface area contributed by atoms with Gasteiger partial charge < -0.3 is 21.3 Å². The summed E-state index contributed by atoms with van der Waals surface area (Å²) in [5.74, 6) is -0.524. The van der Waals surface area contributed by atoms with Gasteiger partial charge in [-0.1, -0.05) is 30.3 Å². The van der Waals surface area contributed by atoms with Crippen LogP contribution < -0.4 is 21.3 Å². The second kappa shape index (κ2) is 9.14. The number of para-hydroxylation sites is 2. The van der Waals surface area contributed by atoms with E-state index in [4.69, 9.17) is 5.73 Å². The number of amides is 3. The molecule has 2 aromatic rings. The molecular weight excluding hydrogens is 356 g/mol. The highest BCUT2D eigenvalue weighted by Gasteiger charge is 2.24. The standard InChI is InChI=1S/C21H24N4O3/c22-12-13-23-21(28)16-6-2-3-7-17(16)24-19(26)11-14-25-18-8-4-1-5-15(18)9-10-20(25)27/h1-8H,9-14,22H2,(H,23,28)(H,24,26). The van der Waals surface area contributed by atoms with Crippen LogP contribution in [0.15, 0.2) is 48.5 Å². The Morgan fingerprint density at radius 1 is 1.04 bits per heavy atom. The molecule has 1 aliphatic heterocycles. The normalized spacial score (nSPS) is 13.0. The molecule has 7 nitrogen and oxygen atoms in total. The molecule has 2 aromatic carbocycles. The van der Waals surface area contributed by atoms with Crippen molar-refractivity contribution in [3.8, 4) is 0 Å². The summed E-state index contributed by atoms with van der Waals surface area (Å²) in [6.45, 7) is 0.992. The number of fused-ring (bicyclic) bond motifs is 1. The molecule has 0 saturated carbocycles. The van der Waals surface area contributed by atoms with Crippen LogP contribution in [-0.2, 0) is 16.0 Å². The number of hydrogen-bond donors (Lipinski definition) is 3. The van der Waals surface area contributed by atoms with E-state index in [-0.39, 0.29) is 24.1 Å². The van der Waals surface area contributed by atoms with Crippen LogP contribution in [-0.4, -0.2) is 37.4 Å². The zero-order chi connectivity index (χ0) is 19.9. The summed E-state index contributed by atoms with van der Waals surface area (Å²) in [4.78, 5) is 38.7. The topological polar surface area (TPSA) is 105 Å². The summed E-state index contributed by atoms with van der Waals surface area (Å²) >= 11 is 0. The highest BCUT2D eigenvalue weighted by molar-refractivity contribution is 6.04. The van der Waals surface area contributed by atoms with Crippen LogP contribution in [0.3, 0.4) is 0 Å². The van der Waals surface area contributed by atoms with Crippen molar-refractivity contribution in [2.45, 2.75) is 19.3 Å². The van der Waals surface area contributed by atoms with E-state index in [1.54, 1.807) is 29.2 Å². The molecule has 1 aliphatic rings. The number of nitrogens with two attached hydrogens (primary N) is 1. The molecule has 7 heteroatoms. The summed E-state index contributed by atoms with van der Waals surface area (Å²) in [6.07, 6.45) is 1.31. The molecule has 0 fully saturated rings. The van der Waals surface area contributed by atoms with E-state index in [1.165, 1.54) is 0 Å². The van der Waals surface area contributed by atoms with Gasteiger partial charge >= 0.3 is 0 Å². The average molecular weight is 380 g/mol. The van der Waals surface area contributed by atoms with Crippen molar-refractivity contribution in [3.05, 3.63) is 59.7 Å². The minimum Gasteiger partial charge on any atom is -0.351 e. The number of aryl methyl sites for hydroxylation is 1. The van der Waals surface area contributed by atoms with Gasteiger partial charge in [0.25, 0.3) is 5.91 Å². The Morgan fingerprint density at radius 3 is 2.61 bits per heavy atom. The van der Waals surface area contributed by atoms with Crippen LogP contribution in [0, 0.1) is 0 Å². The number of anilines is 2. The van der Waals surface area contributed by atoms with Crippen molar-refractivity contribution in [1.82, 2.24) is 5.32 Å². The van der Waals surface area contributed by atoms with Gasteiger partial charge in [-0.15, -0.1) is 0 Å². The number of hydrogen-bond acceptors (Lipinski definition) is 4. The van der Waals surface area contributed by atoms with Gasteiger partial charge in [0.15, 0.2) is 0 Å². The zero-order valence-corrected chi connectivity index (χ0v) is 15.6. The second-order valence-corrected chi connectivity index (χ2v) is 6.56. The van der Waals surface area contributed by atoms with E-state index in [1.807, 2.05) is 24.3 Å². The van der Waals surface area contributed by atoms with Gasteiger partial charge in [0.1, 0.15) is 0 Å². The third kappa shape index (κ3) is 4.55. The Labute approximate surface area is 163 Å². The van der Waals surface area contributed by atoms with Gasteiger partial charge in [-0.3, -0.25) is 14.4 Å². The Kier molecular flexibility index (Phi) is 6.39. The molecule has 3 amide bonds. The van der Waals surface area contributed by atoms with E-state index in [0.29, 0.717) is 37.3 Å². The van der Waals surface area contributed by atoms with Crippen LogP contribution in [0.2, 0.25) is 0 Å². The Balaban J connectivity index is 1.64. The van der Waals surface area contributed by atoms with Crippen molar-refractivity contribution in [2.24, 2.45) is 5.73 Å². The molecule has 0 atom stereocenters. The van der Waals surface area contributed by atoms with Crippen molar-refractivity contribution >= 4 is 29.1 Å². The lowest BCUT2D eigenvalue weighted by Crippen LogP contribution is -2.37. The van der Waals surface area contributed by atoms with Crippen LogP contribution in [0.4, 0.5) is 11.4 Å². The predicted octanol–water partition coefficient (Wildman–Crippen LogP) is 1.68. The number of nitrogens with one attached hydrogen (secondary N) is 2. The molecule has 3 rings (SSSR count). The summed E-state index contributed by atoms with van der Waals surface area (Å²) in [5.41, 5.74) is 8.21. The lowest BCUT2D eigenvalue weighted by molar-refractivity contribution is -0.119. The molecule has 146 valence electrons. The molecule has 1 heterocycles. The molecule has 28 heavy (non-hydrogen) atoms. The number of carbonyl (C=O) groups excluding carboxylic acids is 3. The van der Waals surface area contributed by atoms with Gasteiger partial charge in [-0.2, -0.15) is 0 Å². The maximum atomic E-state index is 12.5. The third-order valence-corrected chi connectivity index (χ3v) is 4.63. The van der Waals surface area contributed by atoms with Gasteiger partial charge in [0, 0.05) is 38.2 Å². The van der Waals surface area contributed by atoms with E-state index in [2.05, 4.69) is 10.6 Å². The first-order chi connectivity index (χ1) is 13.6. The van der Waals surface area contributed by atoms with Crippen LogP contribution in [0.5, 0.6) is 0 Å². The minimum absolute atomic E-state index is 0.0214. The fourth-order valence-corrected chi connectivity index (χ4v) is 3.24. The van der Waals surface area contributed by atoms with E-state index in [9.17, 15) is 14.4 Å². The van der Waals surface area contributed by atoms with E-state index >= 15 is 0 Å². The fraction of sp³-hybridized carbons (Fsp3) is 0.286. The molecule has 0 unspecified atom stereocenters. The van der Waals surface area contributed by atoms with Crippen molar-refractivity contribution in [3.63, 3.8) is 0 Å². The van der Waals surface area contributed by atoms with Crippen LogP contribution in [0.1, 0.15) is 28.8 Å².